The van der Waals surface area contributed by atoms with Crippen molar-refractivity contribution in [3.8, 4) is 0 Å². The van der Waals surface area contributed by atoms with Gasteiger partial charge in [-0.15, -0.1) is 0 Å². The highest BCUT2D eigenvalue weighted by molar-refractivity contribution is 5.90. The molecular formula is C20H29N3O2. The van der Waals surface area contributed by atoms with Gasteiger partial charge >= 0.3 is 0 Å². The average molecular weight is 343 g/mol. The Morgan fingerprint density at radius 3 is 2.56 bits per heavy atom. The molecule has 1 unspecified atom stereocenters. The molecule has 2 aliphatic heterocycles. The summed E-state index contributed by atoms with van der Waals surface area (Å²) in [5, 5.41) is 3.10. The molecule has 0 saturated carbocycles. The van der Waals surface area contributed by atoms with Crippen molar-refractivity contribution in [1.82, 2.24) is 15.1 Å². The SMILES string of the molecule is CC(C)(CNC(=O)C1CCC(=O)N1Cc1ccccc1)N1CCCC1. The second-order valence-electron chi connectivity index (χ2n) is 7.79. The van der Waals surface area contributed by atoms with Crippen molar-refractivity contribution in [1.29, 1.82) is 0 Å². The predicted molar refractivity (Wildman–Crippen MR) is 97.9 cm³/mol. The van der Waals surface area contributed by atoms with Gasteiger partial charge in [-0.25, -0.2) is 0 Å². The number of amides is 2. The second kappa shape index (κ2) is 7.56. The average Bonchev–Trinajstić information content (AvgIpc) is 3.25. The predicted octanol–water partition coefficient (Wildman–Crippen LogP) is 2.17. The molecule has 5 heteroatoms. The first kappa shape index (κ1) is 17.9. The van der Waals surface area contributed by atoms with Crippen LogP contribution < -0.4 is 5.32 Å². The number of nitrogens with zero attached hydrogens (tertiary/aromatic N) is 2. The van der Waals surface area contributed by atoms with Gasteiger partial charge in [-0.05, 0) is 51.8 Å². The maximum Gasteiger partial charge on any atom is 0.242 e. The number of hydrogen-bond donors (Lipinski definition) is 1. The van der Waals surface area contributed by atoms with Crippen LogP contribution in [0.3, 0.4) is 0 Å². The zero-order chi connectivity index (χ0) is 17.9. The van der Waals surface area contributed by atoms with Crippen molar-refractivity contribution in [2.45, 2.75) is 57.7 Å². The highest BCUT2D eigenvalue weighted by Crippen LogP contribution is 2.23. The summed E-state index contributed by atoms with van der Waals surface area (Å²) in [5.41, 5.74) is 1.02. The van der Waals surface area contributed by atoms with Crippen molar-refractivity contribution in [2.75, 3.05) is 19.6 Å². The Kier molecular flexibility index (Phi) is 5.42. The van der Waals surface area contributed by atoms with Gasteiger partial charge in [-0.3, -0.25) is 14.5 Å². The minimum Gasteiger partial charge on any atom is -0.352 e. The van der Waals surface area contributed by atoms with Gasteiger partial charge < -0.3 is 10.2 Å². The normalized spacial score (nSPS) is 21.8. The molecule has 1 aromatic rings. The van der Waals surface area contributed by atoms with Crippen LogP contribution in [0.4, 0.5) is 0 Å². The number of likely N-dealkylation sites (tertiary alicyclic amines) is 2. The smallest absolute Gasteiger partial charge is 0.242 e. The quantitative estimate of drug-likeness (QED) is 0.861. The molecule has 2 aliphatic rings. The monoisotopic (exact) mass is 343 g/mol. The number of benzene rings is 1. The number of nitrogens with one attached hydrogen (secondary N) is 1. The Bertz CT molecular complexity index is 609. The van der Waals surface area contributed by atoms with E-state index >= 15 is 0 Å². The Balaban J connectivity index is 1.59. The topological polar surface area (TPSA) is 52.7 Å². The number of carbonyl (C=O) groups excluding carboxylic acids is 2. The van der Waals surface area contributed by atoms with Gasteiger partial charge in [-0.2, -0.15) is 0 Å². The van der Waals surface area contributed by atoms with Crippen LogP contribution in [0.25, 0.3) is 0 Å². The number of hydrogen-bond acceptors (Lipinski definition) is 3. The van der Waals surface area contributed by atoms with Crippen molar-refractivity contribution in [2.24, 2.45) is 0 Å². The molecular weight excluding hydrogens is 314 g/mol. The third-order valence-corrected chi connectivity index (χ3v) is 5.48. The first-order valence-electron chi connectivity index (χ1n) is 9.33. The van der Waals surface area contributed by atoms with E-state index in [0.29, 0.717) is 25.9 Å². The highest BCUT2D eigenvalue weighted by atomic mass is 16.2. The zero-order valence-corrected chi connectivity index (χ0v) is 15.3. The number of rotatable bonds is 6. The minimum absolute atomic E-state index is 0.0194. The first-order valence-corrected chi connectivity index (χ1v) is 9.33. The third-order valence-electron chi connectivity index (χ3n) is 5.48. The molecule has 0 aromatic heterocycles. The van der Waals surface area contributed by atoms with E-state index in [-0.39, 0.29) is 23.4 Å². The Hall–Kier alpha value is -1.88. The van der Waals surface area contributed by atoms with Gasteiger partial charge in [0.05, 0.1) is 0 Å². The van der Waals surface area contributed by atoms with Crippen molar-refractivity contribution in [3.05, 3.63) is 35.9 Å². The lowest BCUT2D eigenvalue weighted by atomic mass is 10.0. The van der Waals surface area contributed by atoms with E-state index in [0.717, 1.165) is 18.7 Å². The van der Waals surface area contributed by atoms with Gasteiger partial charge in [-0.1, -0.05) is 30.3 Å². The Labute approximate surface area is 150 Å². The molecule has 0 spiro atoms. The lowest BCUT2D eigenvalue weighted by Gasteiger charge is -2.36. The molecule has 25 heavy (non-hydrogen) atoms. The second-order valence-corrected chi connectivity index (χ2v) is 7.79. The molecule has 3 rings (SSSR count). The summed E-state index contributed by atoms with van der Waals surface area (Å²) in [6, 6.07) is 9.53. The molecule has 5 nitrogen and oxygen atoms in total. The maximum atomic E-state index is 12.7. The van der Waals surface area contributed by atoms with Crippen LogP contribution in [0.15, 0.2) is 30.3 Å². The van der Waals surface area contributed by atoms with E-state index in [4.69, 9.17) is 0 Å². The molecule has 2 heterocycles. The van der Waals surface area contributed by atoms with Gasteiger partial charge in [0.25, 0.3) is 0 Å². The van der Waals surface area contributed by atoms with Crippen molar-refractivity contribution >= 4 is 11.8 Å². The van der Waals surface area contributed by atoms with Crippen LogP contribution in [0.5, 0.6) is 0 Å². The Morgan fingerprint density at radius 2 is 1.88 bits per heavy atom. The van der Waals surface area contributed by atoms with Crippen molar-refractivity contribution < 1.29 is 9.59 Å². The lowest BCUT2D eigenvalue weighted by Crippen LogP contribution is -2.53. The largest absolute Gasteiger partial charge is 0.352 e. The highest BCUT2D eigenvalue weighted by Gasteiger charge is 2.37. The third kappa shape index (κ3) is 4.21. The minimum atomic E-state index is -0.345. The molecule has 1 N–H and O–H groups in total. The first-order chi connectivity index (χ1) is 12.0. The Morgan fingerprint density at radius 1 is 1.20 bits per heavy atom. The molecule has 0 bridgehead atoms. The van der Waals surface area contributed by atoms with E-state index in [2.05, 4.69) is 24.1 Å². The molecule has 2 amide bonds. The lowest BCUT2D eigenvalue weighted by molar-refractivity contribution is -0.136. The van der Waals surface area contributed by atoms with Gasteiger partial charge in [0, 0.05) is 25.0 Å². The summed E-state index contributed by atoms with van der Waals surface area (Å²) in [6.45, 7) is 7.69. The summed E-state index contributed by atoms with van der Waals surface area (Å²) in [6.07, 6.45) is 3.54. The molecule has 0 radical (unpaired) electrons. The fourth-order valence-electron chi connectivity index (χ4n) is 3.84. The molecule has 2 saturated heterocycles. The standard InChI is InChI=1S/C20H29N3O2/c1-20(2,22-12-6-7-13-22)15-21-19(25)17-10-11-18(24)23(17)14-16-8-4-3-5-9-16/h3-5,8-9,17H,6-7,10-15H2,1-2H3,(H,21,25). The summed E-state index contributed by atoms with van der Waals surface area (Å²) < 4.78 is 0. The van der Waals surface area contributed by atoms with E-state index < -0.39 is 0 Å². The van der Waals surface area contributed by atoms with Crippen LogP contribution in [-0.2, 0) is 16.1 Å². The number of carbonyl (C=O) groups is 2. The summed E-state index contributed by atoms with van der Waals surface area (Å²) in [7, 11) is 0. The van der Waals surface area contributed by atoms with E-state index in [1.54, 1.807) is 4.90 Å². The van der Waals surface area contributed by atoms with Crippen LogP contribution in [0, 0.1) is 0 Å². The van der Waals surface area contributed by atoms with Gasteiger partial charge in [0.2, 0.25) is 11.8 Å². The van der Waals surface area contributed by atoms with E-state index in [9.17, 15) is 9.59 Å². The van der Waals surface area contributed by atoms with Crippen LogP contribution in [0.1, 0.15) is 45.1 Å². The maximum absolute atomic E-state index is 12.7. The fraction of sp³-hybridized carbons (Fsp3) is 0.600. The van der Waals surface area contributed by atoms with Crippen LogP contribution >= 0.6 is 0 Å². The summed E-state index contributed by atoms with van der Waals surface area (Å²) >= 11 is 0. The van der Waals surface area contributed by atoms with Crippen LogP contribution in [0.2, 0.25) is 0 Å². The van der Waals surface area contributed by atoms with Gasteiger partial charge in [0.1, 0.15) is 6.04 Å². The van der Waals surface area contributed by atoms with Gasteiger partial charge in [0.15, 0.2) is 0 Å². The molecule has 2 fully saturated rings. The van der Waals surface area contributed by atoms with E-state index in [1.807, 2.05) is 30.3 Å². The van der Waals surface area contributed by atoms with Crippen molar-refractivity contribution in [3.63, 3.8) is 0 Å². The summed E-state index contributed by atoms with van der Waals surface area (Å²) in [5.74, 6) is 0.0526. The molecule has 0 aliphatic carbocycles. The summed E-state index contributed by atoms with van der Waals surface area (Å²) in [4.78, 5) is 29.1. The molecule has 136 valence electrons. The molecule has 1 atom stereocenters. The zero-order valence-electron chi connectivity index (χ0n) is 15.3. The van der Waals surface area contributed by atoms with Crippen LogP contribution in [-0.4, -0.2) is 52.8 Å². The fourth-order valence-corrected chi connectivity index (χ4v) is 3.84. The van der Waals surface area contributed by atoms with E-state index in [1.165, 1.54) is 12.8 Å². The molecule has 1 aromatic carbocycles.